The molecule has 0 spiro atoms. The molecular formula is C13H11BrN2O2S. The Kier molecular flexibility index (Phi) is 4.21. The number of carbonyl (C=O) groups is 1. The lowest BCUT2D eigenvalue weighted by atomic mass is 10.1. The predicted molar refractivity (Wildman–Crippen MR) is 76.7 cm³/mol. The van der Waals surface area contributed by atoms with Crippen molar-refractivity contribution in [2.24, 2.45) is 0 Å². The Morgan fingerprint density at radius 2 is 1.84 bits per heavy atom. The molecule has 0 fully saturated rings. The average Bonchev–Trinajstić information content (AvgIpc) is 2.36. The maximum Gasteiger partial charge on any atom is 0.338 e. The molecule has 0 amide bonds. The van der Waals surface area contributed by atoms with Gasteiger partial charge in [0.05, 0.1) is 11.3 Å². The Hall–Kier alpha value is -1.40. The second-order valence-corrected chi connectivity index (χ2v) is 5.93. The number of carboxylic acids is 1. The van der Waals surface area contributed by atoms with Crippen molar-refractivity contribution in [1.29, 1.82) is 0 Å². The van der Waals surface area contributed by atoms with Crippen molar-refractivity contribution < 1.29 is 9.90 Å². The molecule has 19 heavy (non-hydrogen) atoms. The summed E-state index contributed by atoms with van der Waals surface area (Å²) in [5.74, 6) is -0.977. The summed E-state index contributed by atoms with van der Waals surface area (Å²) in [7, 11) is 0. The van der Waals surface area contributed by atoms with Crippen molar-refractivity contribution >= 4 is 33.7 Å². The highest BCUT2D eigenvalue weighted by molar-refractivity contribution is 9.10. The fraction of sp³-hybridized carbons (Fsp3) is 0.154. The normalized spacial score (nSPS) is 10.5. The first-order valence-electron chi connectivity index (χ1n) is 5.49. The number of rotatable bonds is 3. The van der Waals surface area contributed by atoms with Crippen LogP contribution in [-0.4, -0.2) is 21.3 Å². The fourth-order valence-electron chi connectivity index (χ4n) is 1.52. The minimum absolute atomic E-state index is 0.223. The summed E-state index contributed by atoms with van der Waals surface area (Å²) >= 11 is 4.66. The molecular weight excluding hydrogens is 328 g/mol. The number of aryl methyl sites for hydroxylation is 1. The maximum atomic E-state index is 11.4. The number of carboxylic acid groups (broad SMARTS) is 1. The SMILES string of the molecule is Cc1nnc(Sc2ccc(Br)cc2)c(C(=O)O)c1C. The number of benzene rings is 1. The molecule has 0 bridgehead atoms. The molecule has 1 aromatic heterocycles. The van der Waals surface area contributed by atoms with Crippen molar-refractivity contribution in [3.8, 4) is 0 Å². The smallest absolute Gasteiger partial charge is 0.338 e. The molecule has 0 saturated heterocycles. The molecule has 0 radical (unpaired) electrons. The molecule has 1 aromatic carbocycles. The third-order valence-corrected chi connectivity index (χ3v) is 4.18. The van der Waals surface area contributed by atoms with E-state index >= 15 is 0 Å². The molecule has 0 saturated carbocycles. The van der Waals surface area contributed by atoms with Crippen molar-refractivity contribution in [2.75, 3.05) is 0 Å². The molecule has 1 N–H and O–H groups in total. The van der Waals surface area contributed by atoms with Gasteiger partial charge in [0, 0.05) is 9.37 Å². The fourth-order valence-corrected chi connectivity index (χ4v) is 2.71. The Bertz CT molecular complexity index is 629. The molecule has 0 unspecified atom stereocenters. The zero-order valence-electron chi connectivity index (χ0n) is 10.3. The van der Waals surface area contributed by atoms with Crippen LogP contribution in [0.25, 0.3) is 0 Å². The molecule has 4 nitrogen and oxygen atoms in total. The first-order chi connectivity index (χ1) is 8.99. The van der Waals surface area contributed by atoms with Gasteiger partial charge in [0.1, 0.15) is 5.03 Å². The molecule has 0 aliphatic carbocycles. The second kappa shape index (κ2) is 5.71. The van der Waals surface area contributed by atoms with Crippen LogP contribution in [-0.2, 0) is 0 Å². The number of hydrogen-bond acceptors (Lipinski definition) is 4. The third-order valence-electron chi connectivity index (χ3n) is 2.66. The molecule has 2 aromatic rings. The van der Waals surface area contributed by atoms with Gasteiger partial charge in [-0.1, -0.05) is 27.7 Å². The summed E-state index contributed by atoms with van der Waals surface area (Å²) in [6, 6.07) is 7.60. The monoisotopic (exact) mass is 338 g/mol. The highest BCUT2D eigenvalue weighted by Crippen LogP contribution is 2.31. The summed E-state index contributed by atoms with van der Waals surface area (Å²) in [4.78, 5) is 12.3. The van der Waals surface area contributed by atoms with Gasteiger partial charge in [-0.15, -0.1) is 5.10 Å². The van der Waals surface area contributed by atoms with Crippen molar-refractivity contribution in [1.82, 2.24) is 10.2 Å². The summed E-state index contributed by atoms with van der Waals surface area (Å²) in [6.07, 6.45) is 0. The zero-order chi connectivity index (χ0) is 14.0. The first kappa shape index (κ1) is 14.0. The van der Waals surface area contributed by atoms with Gasteiger partial charge in [0.25, 0.3) is 0 Å². The van der Waals surface area contributed by atoms with E-state index in [1.54, 1.807) is 13.8 Å². The van der Waals surface area contributed by atoms with Crippen LogP contribution in [0.2, 0.25) is 0 Å². The van der Waals surface area contributed by atoms with Crippen LogP contribution in [0, 0.1) is 13.8 Å². The van der Waals surface area contributed by atoms with Gasteiger partial charge < -0.3 is 5.11 Å². The van der Waals surface area contributed by atoms with E-state index in [4.69, 9.17) is 0 Å². The van der Waals surface area contributed by atoms with E-state index in [0.29, 0.717) is 16.3 Å². The standard InChI is InChI=1S/C13H11BrN2O2S/c1-7-8(2)15-16-12(11(7)13(17)18)19-10-5-3-9(14)4-6-10/h3-6H,1-2H3,(H,17,18). The summed E-state index contributed by atoms with van der Waals surface area (Å²) in [5, 5.41) is 17.7. The molecule has 6 heteroatoms. The summed E-state index contributed by atoms with van der Waals surface area (Å²) in [5.41, 5.74) is 1.51. The Morgan fingerprint density at radius 1 is 1.21 bits per heavy atom. The van der Waals surface area contributed by atoms with Crippen molar-refractivity contribution in [3.63, 3.8) is 0 Å². The van der Waals surface area contributed by atoms with Gasteiger partial charge >= 0.3 is 5.97 Å². The first-order valence-corrected chi connectivity index (χ1v) is 7.10. The van der Waals surface area contributed by atoms with E-state index in [1.807, 2.05) is 24.3 Å². The largest absolute Gasteiger partial charge is 0.478 e. The van der Waals surface area contributed by atoms with Crippen molar-refractivity contribution in [3.05, 3.63) is 45.6 Å². The van der Waals surface area contributed by atoms with Crippen LogP contribution in [0.3, 0.4) is 0 Å². The number of halogens is 1. The van der Waals surface area contributed by atoms with Crippen molar-refractivity contribution in [2.45, 2.75) is 23.8 Å². The number of aromatic carboxylic acids is 1. The second-order valence-electron chi connectivity index (χ2n) is 3.95. The van der Waals surface area contributed by atoms with Crippen LogP contribution in [0.15, 0.2) is 38.7 Å². The van der Waals surface area contributed by atoms with E-state index < -0.39 is 5.97 Å². The minimum atomic E-state index is -0.977. The third kappa shape index (κ3) is 3.13. The molecule has 2 rings (SSSR count). The molecule has 0 aliphatic heterocycles. The molecule has 0 aliphatic rings. The van der Waals surface area contributed by atoms with Gasteiger partial charge in [0.15, 0.2) is 0 Å². The van der Waals surface area contributed by atoms with E-state index in [1.165, 1.54) is 11.8 Å². The summed E-state index contributed by atoms with van der Waals surface area (Å²) < 4.78 is 0.974. The maximum absolute atomic E-state index is 11.4. The molecule has 1 heterocycles. The highest BCUT2D eigenvalue weighted by Gasteiger charge is 2.18. The molecule has 98 valence electrons. The van der Waals surface area contributed by atoms with E-state index in [2.05, 4.69) is 26.1 Å². The topological polar surface area (TPSA) is 63.1 Å². The lowest BCUT2D eigenvalue weighted by molar-refractivity contribution is 0.0690. The van der Waals surface area contributed by atoms with E-state index in [-0.39, 0.29) is 5.56 Å². The van der Waals surface area contributed by atoms with Gasteiger partial charge in [0.2, 0.25) is 0 Å². The predicted octanol–water partition coefficient (Wildman–Crippen LogP) is 3.71. The lowest BCUT2D eigenvalue weighted by Crippen LogP contribution is -2.07. The van der Waals surface area contributed by atoms with Gasteiger partial charge in [-0.25, -0.2) is 4.79 Å². The van der Waals surface area contributed by atoms with Gasteiger partial charge in [-0.05, 0) is 43.7 Å². The van der Waals surface area contributed by atoms with Crippen LogP contribution < -0.4 is 0 Å². The quantitative estimate of drug-likeness (QED) is 0.924. The Labute approximate surface area is 123 Å². The van der Waals surface area contributed by atoms with Gasteiger partial charge in [-0.2, -0.15) is 5.10 Å². The zero-order valence-corrected chi connectivity index (χ0v) is 12.7. The Balaban J connectivity index is 2.42. The molecule has 0 atom stereocenters. The highest BCUT2D eigenvalue weighted by atomic mass is 79.9. The number of hydrogen-bond donors (Lipinski definition) is 1. The number of aromatic nitrogens is 2. The average molecular weight is 339 g/mol. The minimum Gasteiger partial charge on any atom is -0.478 e. The van der Waals surface area contributed by atoms with Crippen LogP contribution in [0.4, 0.5) is 0 Å². The van der Waals surface area contributed by atoms with Crippen LogP contribution in [0.1, 0.15) is 21.6 Å². The lowest BCUT2D eigenvalue weighted by Gasteiger charge is -2.08. The van der Waals surface area contributed by atoms with E-state index in [0.717, 1.165) is 9.37 Å². The summed E-state index contributed by atoms with van der Waals surface area (Å²) in [6.45, 7) is 3.50. The Morgan fingerprint density at radius 3 is 2.42 bits per heavy atom. The van der Waals surface area contributed by atoms with Gasteiger partial charge in [-0.3, -0.25) is 0 Å². The van der Waals surface area contributed by atoms with E-state index in [9.17, 15) is 9.90 Å². The van der Waals surface area contributed by atoms with Crippen LogP contribution in [0.5, 0.6) is 0 Å². The number of nitrogens with zero attached hydrogens (tertiary/aromatic N) is 2. The van der Waals surface area contributed by atoms with Crippen LogP contribution >= 0.6 is 27.7 Å².